The van der Waals surface area contributed by atoms with Crippen LogP contribution in [0.4, 0.5) is 0 Å². The Morgan fingerprint density at radius 3 is 2.69 bits per heavy atom. The first-order valence-electron chi connectivity index (χ1n) is 8.91. The molecule has 0 spiro atoms. The average molecular weight is 354 g/mol. The van der Waals surface area contributed by atoms with Gasteiger partial charge in [-0.15, -0.1) is 0 Å². The summed E-state index contributed by atoms with van der Waals surface area (Å²) < 4.78 is 5.21. The summed E-state index contributed by atoms with van der Waals surface area (Å²) in [5.41, 5.74) is 6.83. The molecule has 0 radical (unpaired) electrons. The Morgan fingerprint density at radius 1 is 1.31 bits per heavy atom. The van der Waals surface area contributed by atoms with Gasteiger partial charge in [0.2, 0.25) is 5.91 Å². The Bertz CT molecular complexity index is 771. The highest BCUT2D eigenvalue weighted by Crippen LogP contribution is 2.36. The normalized spacial score (nSPS) is 19.9. The number of primary amides is 1. The Labute approximate surface area is 154 Å². The van der Waals surface area contributed by atoms with Gasteiger partial charge in [-0.25, -0.2) is 0 Å². The van der Waals surface area contributed by atoms with Gasteiger partial charge >= 0.3 is 0 Å². The van der Waals surface area contributed by atoms with E-state index in [1.807, 2.05) is 49.4 Å². The van der Waals surface area contributed by atoms with Crippen molar-refractivity contribution < 1.29 is 14.6 Å². The van der Waals surface area contributed by atoms with Crippen molar-refractivity contribution in [3.63, 3.8) is 0 Å². The number of hydrogen-bond acceptors (Lipinski definition) is 4. The van der Waals surface area contributed by atoms with E-state index in [0.29, 0.717) is 12.1 Å². The third-order valence-corrected chi connectivity index (χ3v) is 5.28. The second-order valence-electron chi connectivity index (χ2n) is 7.07. The van der Waals surface area contributed by atoms with Gasteiger partial charge in [0.1, 0.15) is 11.4 Å². The molecule has 1 saturated heterocycles. The third kappa shape index (κ3) is 3.74. The van der Waals surface area contributed by atoms with Gasteiger partial charge in [0.05, 0.1) is 7.11 Å². The minimum Gasteiger partial charge on any atom is -0.497 e. The molecule has 1 aliphatic heterocycles. The molecule has 0 saturated carbocycles. The van der Waals surface area contributed by atoms with Crippen molar-refractivity contribution in [2.24, 2.45) is 5.73 Å². The summed E-state index contributed by atoms with van der Waals surface area (Å²) in [6.45, 7) is 3.47. The SMILES string of the molecule is COc1ccc(C(C)(O)C2CCCN2Cc2cccc(C(N)=O)c2)cc1. The third-order valence-electron chi connectivity index (χ3n) is 5.28. The van der Waals surface area contributed by atoms with Crippen molar-refractivity contribution in [3.05, 3.63) is 65.2 Å². The van der Waals surface area contributed by atoms with Crippen LogP contribution in [0.2, 0.25) is 0 Å². The zero-order valence-corrected chi connectivity index (χ0v) is 15.3. The fraction of sp³-hybridized carbons (Fsp3) is 0.381. The van der Waals surface area contributed by atoms with Crippen molar-refractivity contribution in [2.45, 2.75) is 38.0 Å². The van der Waals surface area contributed by atoms with E-state index >= 15 is 0 Å². The lowest BCUT2D eigenvalue weighted by molar-refractivity contribution is -0.0254. The maximum Gasteiger partial charge on any atom is 0.248 e. The number of likely N-dealkylation sites (tertiary alicyclic amines) is 1. The molecule has 1 heterocycles. The van der Waals surface area contributed by atoms with Crippen LogP contribution < -0.4 is 10.5 Å². The number of rotatable bonds is 6. The number of amides is 1. The highest BCUT2D eigenvalue weighted by molar-refractivity contribution is 5.92. The van der Waals surface area contributed by atoms with Gasteiger partial charge < -0.3 is 15.6 Å². The molecule has 2 aromatic rings. The molecule has 3 N–H and O–H groups in total. The number of methoxy groups -OCH3 is 1. The first-order chi connectivity index (χ1) is 12.4. The lowest BCUT2D eigenvalue weighted by Crippen LogP contribution is -2.45. The van der Waals surface area contributed by atoms with E-state index in [4.69, 9.17) is 10.5 Å². The van der Waals surface area contributed by atoms with Crippen molar-refractivity contribution in [3.8, 4) is 5.75 Å². The molecule has 1 fully saturated rings. The molecule has 1 amide bonds. The van der Waals surface area contributed by atoms with Gasteiger partial charge in [0.15, 0.2) is 0 Å². The standard InChI is InChI=1S/C21H26N2O3/c1-21(25,17-8-10-18(26-2)11-9-17)19-7-4-12-23(19)14-15-5-3-6-16(13-15)20(22)24/h3,5-6,8-11,13,19,25H,4,7,12,14H2,1-2H3,(H2,22,24). The summed E-state index contributed by atoms with van der Waals surface area (Å²) >= 11 is 0. The molecule has 26 heavy (non-hydrogen) atoms. The number of hydrogen-bond donors (Lipinski definition) is 2. The van der Waals surface area contributed by atoms with Crippen LogP contribution in [-0.4, -0.2) is 35.6 Å². The molecule has 0 aliphatic carbocycles. The molecule has 2 aromatic carbocycles. The van der Waals surface area contributed by atoms with Crippen LogP contribution in [0.5, 0.6) is 5.75 Å². The lowest BCUT2D eigenvalue weighted by Gasteiger charge is -2.37. The fourth-order valence-electron chi connectivity index (χ4n) is 3.83. The summed E-state index contributed by atoms with van der Waals surface area (Å²) in [6, 6.07) is 15.0. The maximum atomic E-state index is 11.4. The second-order valence-corrected chi connectivity index (χ2v) is 7.07. The van der Waals surface area contributed by atoms with Gasteiger partial charge in [-0.3, -0.25) is 9.69 Å². The highest BCUT2D eigenvalue weighted by Gasteiger charge is 2.40. The molecule has 138 valence electrons. The van der Waals surface area contributed by atoms with Crippen LogP contribution in [-0.2, 0) is 12.1 Å². The first kappa shape index (κ1) is 18.4. The van der Waals surface area contributed by atoms with Crippen molar-refractivity contribution >= 4 is 5.91 Å². The molecule has 5 heteroatoms. The maximum absolute atomic E-state index is 11.4. The summed E-state index contributed by atoms with van der Waals surface area (Å²) in [5.74, 6) is 0.353. The van der Waals surface area contributed by atoms with Crippen molar-refractivity contribution in [1.29, 1.82) is 0 Å². The topological polar surface area (TPSA) is 75.8 Å². The minimum absolute atomic E-state index is 0.00753. The van der Waals surface area contributed by atoms with E-state index in [2.05, 4.69) is 4.90 Å². The Kier molecular flexibility index (Phi) is 5.30. The Morgan fingerprint density at radius 2 is 2.04 bits per heavy atom. The van der Waals surface area contributed by atoms with E-state index < -0.39 is 11.5 Å². The minimum atomic E-state index is -0.968. The first-order valence-corrected chi connectivity index (χ1v) is 8.91. The van der Waals surface area contributed by atoms with Crippen LogP contribution in [0.3, 0.4) is 0 Å². The van der Waals surface area contributed by atoms with Gasteiger partial charge in [-0.2, -0.15) is 0 Å². The monoisotopic (exact) mass is 354 g/mol. The van der Waals surface area contributed by atoms with E-state index in [0.717, 1.165) is 36.3 Å². The number of benzene rings is 2. The van der Waals surface area contributed by atoms with E-state index in [-0.39, 0.29) is 6.04 Å². The largest absolute Gasteiger partial charge is 0.497 e. The number of nitrogens with two attached hydrogens (primary N) is 1. The van der Waals surface area contributed by atoms with E-state index in [1.54, 1.807) is 13.2 Å². The molecular formula is C21H26N2O3. The molecule has 5 nitrogen and oxygen atoms in total. The summed E-state index contributed by atoms with van der Waals surface area (Å²) in [5, 5.41) is 11.3. The number of carbonyl (C=O) groups excluding carboxylic acids is 1. The van der Waals surface area contributed by atoms with Crippen molar-refractivity contribution in [1.82, 2.24) is 4.90 Å². The quantitative estimate of drug-likeness (QED) is 0.836. The number of aliphatic hydroxyl groups is 1. The fourth-order valence-corrected chi connectivity index (χ4v) is 3.83. The van der Waals surface area contributed by atoms with Crippen LogP contribution in [0, 0.1) is 0 Å². The van der Waals surface area contributed by atoms with E-state index in [1.165, 1.54) is 0 Å². The number of ether oxygens (including phenoxy) is 1. The summed E-state index contributed by atoms with van der Waals surface area (Å²) in [6.07, 6.45) is 1.96. The molecular weight excluding hydrogens is 328 g/mol. The molecule has 2 unspecified atom stereocenters. The van der Waals surface area contributed by atoms with Gasteiger partial charge in [-0.1, -0.05) is 24.3 Å². The summed E-state index contributed by atoms with van der Waals surface area (Å²) in [7, 11) is 1.63. The number of carbonyl (C=O) groups is 1. The predicted molar refractivity (Wildman–Crippen MR) is 101 cm³/mol. The molecule has 2 atom stereocenters. The van der Waals surface area contributed by atoms with Crippen LogP contribution in [0.1, 0.15) is 41.3 Å². The average Bonchev–Trinajstić information content (AvgIpc) is 3.11. The van der Waals surface area contributed by atoms with Crippen LogP contribution in [0.15, 0.2) is 48.5 Å². The van der Waals surface area contributed by atoms with Crippen LogP contribution >= 0.6 is 0 Å². The predicted octanol–water partition coefficient (Wildman–Crippen LogP) is 2.67. The summed E-state index contributed by atoms with van der Waals surface area (Å²) in [4.78, 5) is 13.7. The molecule has 3 rings (SSSR count). The highest BCUT2D eigenvalue weighted by atomic mass is 16.5. The lowest BCUT2D eigenvalue weighted by atomic mass is 9.86. The molecule has 1 aliphatic rings. The zero-order valence-electron chi connectivity index (χ0n) is 15.3. The van der Waals surface area contributed by atoms with Crippen LogP contribution in [0.25, 0.3) is 0 Å². The zero-order chi connectivity index (χ0) is 18.7. The molecule has 0 bridgehead atoms. The Hall–Kier alpha value is -2.37. The smallest absolute Gasteiger partial charge is 0.248 e. The van der Waals surface area contributed by atoms with Gasteiger partial charge in [0, 0.05) is 18.2 Å². The second kappa shape index (κ2) is 7.48. The number of nitrogens with zero attached hydrogens (tertiary/aromatic N) is 1. The molecule has 0 aromatic heterocycles. The Balaban J connectivity index is 1.80. The van der Waals surface area contributed by atoms with Crippen molar-refractivity contribution in [2.75, 3.05) is 13.7 Å². The van der Waals surface area contributed by atoms with Gasteiger partial charge in [0.25, 0.3) is 0 Å². The van der Waals surface area contributed by atoms with Gasteiger partial charge in [-0.05, 0) is 61.7 Å². The van der Waals surface area contributed by atoms with E-state index in [9.17, 15) is 9.90 Å².